The summed E-state index contributed by atoms with van der Waals surface area (Å²) < 4.78 is -0.926. The molecule has 72 valence electrons. The van der Waals surface area contributed by atoms with Gasteiger partial charge in [0, 0.05) is 29.1 Å². The van der Waals surface area contributed by atoms with E-state index >= 15 is 0 Å². The molecule has 2 rings (SSSR count). The van der Waals surface area contributed by atoms with Gasteiger partial charge < -0.3 is 4.98 Å². The number of nitrogens with zero attached hydrogens (tertiary/aromatic N) is 1. The van der Waals surface area contributed by atoms with Crippen molar-refractivity contribution in [1.82, 2.24) is 4.98 Å². The van der Waals surface area contributed by atoms with Gasteiger partial charge in [-0.3, -0.25) is 0 Å². The Morgan fingerprint density at radius 1 is 1.57 bits per heavy atom. The highest BCUT2D eigenvalue weighted by Crippen LogP contribution is 2.45. The lowest BCUT2D eigenvalue weighted by Gasteiger charge is -2.27. The maximum absolute atomic E-state index is 8.66. The zero-order chi connectivity index (χ0) is 10.2. The largest absolute Gasteiger partial charge is 0.364 e. The fraction of sp³-hybridized carbons (Fsp3) is 0.300. The van der Waals surface area contributed by atoms with Crippen LogP contribution in [-0.2, 0) is 6.42 Å². The van der Waals surface area contributed by atoms with Gasteiger partial charge in [-0.25, -0.2) is 0 Å². The summed E-state index contributed by atoms with van der Waals surface area (Å²) >= 11 is 12.3. The molecule has 0 bridgehead atoms. The van der Waals surface area contributed by atoms with Gasteiger partial charge in [-0.1, -0.05) is 23.2 Å². The number of H-pyrrole nitrogens is 1. The van der Waals surface area contributed by atoms with E-state index in [2.05, 4.69) is 4.98 Å². The number of nitriles is 1. The van der Waals surface area contributed by atoms with Crippen LogP contribution < -0.4 is 0 Å². The third-order valence-corrected chi connectivity index (χ3v) is 3.20. The van der Waals surface area contributed by atoms with Gasteiger partial charge in [-0.15, -0.1) is 0 Å². The van der Waals surface area contributed by atoms with Gasteiger partial charge in [0.15, 0.2) is 0 Å². The van der Waals surface area contributed by atoms with E-state index in [1.807, 2.05) is 18.3 Å². The zero-order valence-electron chi connectivity index (χ0n) is 7.35. The molecule has 0 atom stereocenters. The average molecular weight is 227 g/mol. The van der Waals surface area contributed by atoms with Crippen LogP contribution in [0.5, 0.6) is 0 Å². The fourth-order valence-corrected chi connectivity index (χ4v) is 2.23. The lowest BCUT2D eigenvalue weighted by atomic mass is 9.91. The van der Waals surface area contributed by atoms with Gasteiger partial charge in [-0.2, -0.15) is 5.26 Å². The first-order valence-electron chi connectivity index (χ1n) is 4.30. The van der Waals surface area contributed by atoms with Crippen molar-refractivity contribution < 1.29 is 0 Å². The lowest BCUT2D eigenvalue weighted by molar-refractivity contribution is 0.768. The van der Waals surface area contributed by atoms with Gasteiger partial charge in [0.1, 0.15) is 4.33 Å². The molecule has 14 heavy (non-hydrogen) atoms. The van der Waals surface area contributed by atoms with Crippen molar-refractivity contribution in [3.63, 3.8) is 0 Å². The van der Waals surface area contributed by atoms with Gasteiger partial charge in [0.2, 0.25) is 0 Å². The van der Waals surface area contributed by atoms with Gasteiger partial charge in [0.25, 0.3) is 0 Å². The first-order chi connectivity index (χ1) is 6.65. The monoisotopic (exact) mass is 226 g/mol. The summed E-state index contributed by atoms with van der Waals surface area (Å²) in [5, 5.41) is 8.66. The van der Waals surface area contributed by atoms with Crippen molar-refractivity contribution in [2.24, 2.45) is 0 Å². The first kappa shape index (κ1) is 9.64. The molecule has 1 N–H and O–H groups in total. The highest BCUT2D eigenvalue weighted by molar-refractivity contribution is 6.54. The number of hydrogen-bond donors (Lipinski definition) is 1. The van der Waals surface area contributed by atoms with E-state index in [-0.39, 0.29) is 0 Å². The molecule has 0 radical (unpaired) electrons. The predicted molar refractivity (Wildman–Crippen MR) is 57.1 cm³/mol. The van der Waals surface area contributed by atoms with E-state index in [0.717, 1.165) is 17.7 Å². The SMILES string of the molecule is N#C/C=C1\c2cc[nH]c2CCC1(Cl)Cl. The summed E-state index contributed by atoms with van der Waals surface area (Å²) in [6, 6.07) is 3.88. The predicted octanol–water partition coefficient (Wildman–Crippen LogP) is 3.04. The van der Waals surface area contributed by atoms with Crippen LogP contribution >= 0.6 is 23.2 Å². The molecule has 1 aromatic heterocycles. The third kappa shape index (κ3) is 1.43. The van der Waals surface area contributed by atoms with Gasteiger partial charge >= 0.3 is 0 Å². The molecule has 0 aromatic carbocycles. The fourth-order valence-electron chi connectivity index (χ4n) is 1.72. The Bertz CT molecular complexity index is 424. The number of hydrogen-bond acceptors (Lipinski definition) is 1. The van der Waals surface area contributed by atoms with Crippen molar-refractivity contribution in [1.29, 1.82) is 5.26 Å². The van der Waals surface area contributed by atoms with E-state index in [0.29, 0.717) is 12.0 Å². The van der Waals surface area contributed by atoms with Crippen LogP contribution in [0.1, 0.15) is 17.7 Å². The van der Waals surface area contributed by atoms with Crippen molar-refractivity contribution in [2.45, 2.75) is 17.2 Å². The number of aryl methyl sites for hydroxylation is 1. The van der Waals surface area contributed by atoms with Crippen molar-refractivity contribution >= 4 is 28.8 Å². The van der Waals surface area contributed by atoms with E-state index in [4.69, 9.17) is 28.5 Å². The minimum absolute atomic E-state index is 0.636. The van der Waals surface area contributed by atoms with Crippen LogP contribution in [0.3, 0.4) is 0 Å². The van der Waals surface area contributed by atoms with Crippen LogP contribution in [0.25, 0.3) is 5.57 Å². The topological polar surface area (TPSA) is 39.6 Å². The Morgan fingerprint density at radius 3 is 3.07 bits per heavy atom. The second-order valence-electron chi connectivity index (χ2n) is 3.26. The minimum Gasteiger partial charge on any atom is -0.364 e. The molecule has 1 aliphatic carbocycles. The maximum atomic E-state index is 8.66. The molecule has 0 amide bonds. The highest BCUT2D eigenvalue weighted by Gasteiger charge is 2.35. The number of rotatable bonds is 0. The van der Waals surface area contributed by atoms with E-state index in [1.54, 1.807) is 0 Å². The lowest BCUT2D eigenvalue weighted by Crippen LogP contribution is -2.21. The molecule has 0 spiro atoms. The van der Waals surface area contributed by atoms with Gasteiger partial charge in [-0.05, 0) is 18.9 Å². The number of fused-ring (bicyclic) bond motifs is 1. The van der Waals surface area contributed by atoms with E-state index in [1.165, 1.54) is 6.08 Å². The summed E-state index contributed by atoms with van der Waals surface area (Å²) in [6.07, 6.45) is 4.71. The highest BCUT2D eigenvalue weighted by atomic mass is 35.5. The third-order valence-electron chi connectivity index (χ3n) is 2.41. The molecule has 0 aliphatic heterocycles. The Labute approximate surface area is 92.1 Å². The molecule has 0 unspecified atom stereocenters. The van der Waals surface area contributed by atoms with E-state index < -0.39 is 4.33 Å². The molecule has 0 fully saturated rings. The van der Waals surface area contributed by atoms with Crippen molar-refractivity contribution in [2.75, 3.05) is 0 Å². The van der Waals surface area contributed by atoms with Crippen LogP contribution in [0.2, 0.25) is 0 Å². The quantitative estimate of drug-likeness (QED) is 0.537. The van der Waals surface area contributed by atoms with E-state index in [9.17, 15) is 0 Å². The number of aromatic nitrogens is 1. The van der Waals surface area contributed by atoms with Gasteiger partial charge in [0.05, 0.1) is 6.07 Å². The molecule has 0 saturated carbocycles. The maximum Gasteiger partial charge on any atom is 0.144 e. The van der Waals surface area contributed by atoms with Crippen molar-refractivity contribution in [3.05, 3.63) is 29.6 Å². The Morgan fingerprint density at radius 2 is 2.36 bits per heavy atom. The second kappa shape index (κ2) is 3.34. The number of nitrogens with one attached hydrogen (secondary N) is 1. The molecule has 2 nitrogen and oxygen atoms in total. The molecule has 1 aliphatic rings. The summed E-state index contributed by atoms with van der Waals surface area (Å²) in [6.45, 7) is 0. The molecule has 1 aromatic rings. The Kier molecular flexibility index (Phi) is 2.30. The molecule has 1 heterocycles. The number of alkyl halides is 2. The van der Waals surface area contributed by atoms with Crippen LogP contribution in [0.4, 0.5) is 0 Å². The molecule has 0 saturated heterocycles. The number of aromatic amines is 1. The summed E-state index contributed by atoms with van der Waals surface area (Å²) in [4.78, 5) is 3.12. The number of allylic oxidation sites excluding steroid dienone is 2. The zero-order valence-corrected chi connectivity index (χ0v) is 8.86. The van der Waals surface area contributed by atoms with Crippen LogP contribution in [-0.4, -0.2) is 9.32 Å². The van der Waals surface area contributed by atoms with Crippen LogP contribution in [0.15, 0.2) is 18.3 Å². The first-order valence-corrected chi connectivity index (χ1v) is 5.05. The summed E-state index contributed by atoms with van der Waals surface area (Å²) in [5.41, 5.74) is 2.76. The second-order valence-corrected chi connectivity index (χ2v) is 4.75. The standard InChI is InChI=1S/C10H8Cl2N2/c11-10(12)4-1-9-7(3-6-14-9)8(10)2-5-13/h2-3,6,14H,1,4H2/b8-2+. The molecule has 4 heteroatoms. The molecular formula is C10H8Cl2N2. The number of halogens is 2. The molecular weight excluding hydrogens is 219 g/mol. The minimum atomic E-state index is -0.926. The van der Waals surface area contributed by atoms with Crippen LogP contribution in [0, 0.1) is 11.3 Å². The Hall–Kier alpha value is -0.910. The summed E-state index contributed by atoms with van der Waals surface area (Å²) in [5.74, 6) is 0. The Balaban J connectivity index is 2.56. The smallest absolute Gasteiger partial charge is 0.144 e. The normalized spacial score (nSPS) is 21.6. The average Bonchev–Trinajstić information content (AvgIpc) is 2.58. The van der Waals surface area contributed by atoms with Crippen molar-refractivity contribution in [3.8, 4) is 6.07 Å². The summed E-state index contributed by atoms with van der Waals surface area (Å²) in [7, 11) is 0.